The molecule has 3 aromatic carbocycles. The van der Waals surface area contributed by atoms with Gasteiger partial charge >= 0.3 is 0 Å². The largest absolute Gasteiger partial charge is 0.484 e. The first-order chi connectivity index (χ1) is 16.7. The van der Waals surface area contributed by atoms with Crippen LogP contribution in [0.25, 0.3) is 0 Å². The summed E-state index contributed by atoms with van der Waals surface area (Å²) in [5.41, 5.74) is 0.985. The zero-order valence-electron chi connectivity index (χ0n) is 18.6. The molecule has 3 amide bonds. The quantitative estimate of drug-likeness (QED) is 0.479. The summed E-state index contributed by atoms with van der Waals surface area (Å²) in [5.74, 6) is -1.03. The van der Waals surface area contributed by atoms with Crippen LogP contribution >= 0.6 is 0 Å². The van der Waals surface area contributed by atoms with E-state index in [0.29, 0.717) is 5.75 Å². The van der Waals surface area contributed by atoms with Crippen LogP contribution in [0.1, 0.15) is 12.0 Å². The molecule has 1 heterocycles. The van der Waals surface area contributed by atoms with Gasteiger partial charge in [-0.15, -0.1) is 0 Å². The van der Waals surface area contributed by atoms with E-state index in [0.717, 1.165) is 10.5 Å². The number of ether oxygens (including phenoxy) is 1. The van der Waals surface area contributed by atoms with Crippen molar-refractivity contribution < 1.29 is 27.5 Å². The van der Waals surface area contributed by atoms with Crippen LogP contribution in [0.4, 0.5) is 5.69 Å². The molecule has 9 nitrogen and oxygen atoms in total. The molecule has 1 atom stereocenters. The highest BCUT2D eigenvalue weighted by atomic mass is 32.2. The molecule has 0 spiro atoms. The lowest BCUT2D eigenvalue weighted by Gasteiger charge is -2.28. The normalized spacial score (nSPS) is 15.8. The van der Waals surface area contributed by atoms with Crippen molar-refractivity contribution in [3.05, 3.63) is 90.5 Å². The van der Waals surface area contributed by atoms with E-state index in [1.165, 1.54) is 29.2 Å². The van der Waals surface area contributed by atoms with E-state index in [4.69, 9.17) is 9.88 Å². The molecule has 35 heavy (non-hydrogen) atoms. The van der Waals surface area contributed by atoms with Crippen LogP contribution < -0.4 is 14.8 Å². The molecule has 0 saturated carbocycles. The van der Waals surface area contributed by atoms with Crippen molar-refractivity contribution in [3.8, 4) is 5.75 Å². The van der Waals surface area contributed by atoms with E-state index in [2.05, 4.69) is 0 Å². The minimum atomic E-state index is -3.92. The number of imide groups is 1. The Kier molecular flexibility index (Phi) is 6.94. The molecule has 4 rings (SSSR count). The number of nitrogens with two attached hydrogens (primary N) is 1. The Morgan fingerprint density at radius 2 is 1.54 bits per heavy atom. The van der Waals surface area contributed by atoms with Crippen molar-refractivity contribution in [2.24, 2.45) is 5.14 Å². The van der Waals surface area contributed by atoms with Crippen LogP contribution in [0.3, 0.4) is 0 Å². The minimum absolute atomic E-state index is 0.111. The van der Waals surface area contributed by atoms with Gasteiger partial charge in [-0.05, 0) is 42.0 Å². The number of benzene rings is 3. The average molecular weight is 494 g/mol. The Morgan fingerprint density at radius 3 is 2.14 bits per heavy atom. The van der Waals surface area contributed by atoms with Gasteiger partial charge in [0.15, 0.2) is 6.61 Å². The molecule has 1 saturated heterocycles. The Bertz CT molecular complexity index is 1330. The van der Waals surface area contributed by atoms with E-state index < -0.39 is 33.8 Å². The topological polar surface area (TPSA) is 127 Å². The highest BCUT2D eigenvalue weighted by Gasteiger charge is 2.44. The van der Waals surface area contributed by atoms with Crippen molar-refractivity contribution in [2.45, 2.75) is 23.9 Å². The molecule has 0 bridgehead atoms. The maximum atomic E-state index is 13.3. The average Bonchev–Trinajstić information content (AvgIpc) is 3.15. The second-order valence-corrected chi connectivity index (χ2v) is 9.50. The van der Waals surface area contributed by atoms with Crippen LogP contribution in [0.15, 0.2) is 89.8 Å². The summed E-state index contributed by atoms with van der Waals surface area (Å²) in [5, 5.41) is 5.12. The van der Waals surface area contributed by atoms with Crippen LogP contribution in [-0.2, 0) is 31.0 Å². The molecule has 1 aliphatic heterocycles. The predicted octanol–water partition coefficient (Wildman–Crippen LogP) is 2.07. The number of amides is 3. The summed E-state index contributed by atoms with van der Waals surface area (Å²) < 4.78 is 28.6. The van der Waals surface area contributed by atoms with Gasteiger partial charge in [0.2, 0.25) is 15.9 Å². The second-order valence-electron chi connectivity index (χ2n) is 7.94. The minimum Gasteiger partial charge on any atom is -0.484 e. The number of nitrogens with zero attached hydrogens (tertiary/aromatic N) is 2. The van der Waals surface area contributed by atoms with Gasteiger partial charge in [-0.1, -0.05) is 48.5 Å². The van der Waals surface area contributed by atoms with Crippen LogP contribution in [0.5, 0.6) is 5.75 Å². The number of hydrogen-bond donors (Lipinski definition) is 1. The molecule has 180 valence electrons. The molecule has 0 aliphatic carbocycles. The molecular weight excluding hydrogens is 470 g/mol. The number of anilines is 1. The fourth-order valence-corrected chi connectivity index (χ4v) is 4.33. The van der Waals surface area contributed by atoms with Gasteiger partial charge in [0.1, 0.15) is 11.8 Å². The third-order valence-corrected chi connectivity index (χ3v) is 6.47. The monoisotopic (exact) mass is 493 g/mol. The fourth-order valence-electron chi connectivity index (χ4n) is 3.81. The SMILES string of the molecule is NS(=O)(=O)c1ccc(N2C(=O)CC(N(Cc3ccccc3)C(=O)COc3ccccc3)C2=O)cc1. The van der Waals surface area contributed by atoms with E-state index >= 15 is 0 Å². The summed E-state index contributed by atoms with van der Waals surface area (Å²) >= 11 is 0. The van der Waals surface area contributed by atoms with Gasteiger partial charge in [-0.3, -0.25) is 14.4 Å². The lowest BCUT2D eigenvalue weighted by Crippen LogP contribution is -2.46. The van der Waals surface area contributed by atoms with Gasteiger partial charge in [0, 0.05) is 6.54 Å². The number of carbonyl (C=O) groups excluding carboxylic acids is 3. The third kappa shape index (κ3) is 5.56. The molecule has 1 unspecified atom stereocenters. The van der Waals surface area contributed by atoms with Crippen LogP contribution in [0, 0.1) is 0 Å². The molecule has 3 aromatic rings. The maximum absolute atomic E-state index is 13.3. The smallest absolute Gasteiger partial charge is 0.261 e. The molecule has 0 radical (unpaired) electrons. The zero-order chi connectivity index (χ0) is 25.0. The Morgan fingerprint density at radius 1 is 0.943 bits per heavy atom. The van der Waals surface area contributed by atoms with Crippen molar-refractivity contribution in [1.29, 1.82) is 0 Å². The van der Waals surface area contributed by atoms with Gasteiger partial charge < -0.3 is 9.64 Å². The first kappa shape index (κ1) is 24.1. The van der Waals surface area contributed by atoms with E-state index in [-0.39, 0.29) is 30.2 Å². The Labute approximate surface area is 202 Å². The van der Waals surface area contributed by atoms with E-state index in [9.17, 15) is 22.8 Å². The number of sulfonamides is 1. The number of carbonyl (C=O) groups is 3. The van der Waals surface area contributed by atoms with Crippen molar-refractivity contribution in [3.63, 3.8) is 0 Å². The summed E-state index contributed by atoms with van der Waals surface area (Å²) in [4.78, 5) is 41.5. The lowest BCUT2D eigenvalue weighted by molar-refractivity contribution is -0.140. The maximum Gasteiger partial charge on any atom is 0.261 e. The highest BCUT2D eigenvalue weighted by molar-refractivity contribution is 7.89. The molecule has 1 aliphatic rings. The molecule has 10 heteroatoms. The fraction of sp³-hybridized carbons (Fsp3) is 0.160. The molecule has 2 N–H and O–H groups in total. The number of rotatable bonds is 8. The Hall–Kier alpha value is -4.02. The second kappa shape index (κ2) is 10.1. The highest BCUT2D eigenvalue weighted by Crippen LogP contribution is 2.28. The van der Waals surface area contributed by atoms with Crippen molar-refractivity contribution >= 4 is 33.4 Å². The zero-order valence-corrected chi connectivity index (χ0v) is 19.4. The summed E-state index contributed by atoms with van der Waals surface area (Å²) in [6.45, 7) is -0.197. The van der Waals surface area contributed by atoms with Crippen LogP contribution in [-0.4, -0.2) is 43.7 Å². The molecule has 1 fully saturated rings. The summed E-state index contributed by atoms with van der Waals surface area (Å²) in [6.07, 6.45) is -0.209. The van der Waals surface area contributed by atoms with Gasteiger partial charge in [-0.25, -0.2) is 18.5 Å². The summed E-state index contributed by atoms with van der Waals surface area (Å²) in [7, 11) is -3.92. The Balaban J connectivity index is 1.58. The molecular formula is C25H23N3O6S. The van der Waals surface area contributed by atoms with E-state index in [1.54, 1.807) is 24.3 Å². The molecule has 0 aromatic heterocycles. The standard InChI is InChI=1S/C25H23N3O6S/c26-35(32,33)21-13-11-19(12-14-21)28-23(29)15-22(25(28)31)27(16-18-7-3-1-4-8-18)24(30)17-34-20-9-5-2-6-10-20/h1-14,22H,15-17H2,(H2,26,32,33). The van der Waals surface area contributed by atoms with Crippen LogP contribution in [0.2, 0.25) is 0 Å². The first-order valence-electron chi connectivity index (χ1n) is 10.7. The lowest BCUT2D eigenvalue weighted by atomic mass is 10.1. The van der Waals surface area contributed by atoms with E-state index in [1.807, 2.05) is 36.4 Å². The van der Waals surface area contributed by atoms with Gasteiger partial charge in [0.05, 0.1) is 17.0 Å². The van der Waals surface area contributed by atoms with Crippen molar-refractivity contribution in [2.75, 3.05) is 11.5 Å². The summed E-state index contributed by atoms with van der Waals surface area (Å²) in [6, 6.07) is 22.0. The third-order valence-electron chi connectivity index (χ3n) is 5.54. The number of primary sulfonamides is 1. The van der Waals surface area contributed by atoms with Gasteiger partial charge in [0.25, 0.3) is 11.8 Å². The predicted molar refractivity (Wildman–Crippen MR) is 128 cm³/mol. The number of para-hydroxylation sites is 1. The first-order valence-corrected chi connectivity index (χ1v) is 12.3. The van der Waals surface area contributed by atoms with Gasteiger partial charge in [-0.2, -0.15) is 0 Å². The number of hydrogen-bond acceptors (Lipinski definition) is 6. The van der Waals surface area contributed by atoms with Crippen molar-refractivity contribution in [1.82, 2.24) is 4.90 Å².